The zero-order valence-electron chi connectivity index (χ0n) is 3.65. The van der Waals surface area contributed by atoms with Crippen LogP contribution in [0.25, 0.3) is 0 Å². The molecule has 0 fully saturated rings. The fourth-order valence-corrected chi connectivity index (χ4v) is 0.285. The lowest BCUT2D eigenvalue weighted by molar-refractivity contribution is 0.454. The number of allylic oxidation sites excluding steroid dienone is 1. The molecule has 0 aromatic carbocycles. The summed E-state index contributed by atoms with van der Waals surface area (Å²) in [4.78, 5) is 0. The van der Waals surface area contributed by atoms with Crippen LogP contribution in [0.3, 0.4) is 0 Å². The molecule has 0 saturated carbocycles. The van der Waals surface area contributed by atoms with Crippen LogP contribution in [-0.2, 0) is 3.83 Å². The molecule has 0 rings (SSSR count). The number of rotatable bonds is 2. The zero-order chi connectivity index (χ0) is 4.83. The highest BCUT2D eigenvalue weighted by atomic mass is 79.9. The SMILES string of the molecule is CC=CCOBr. The van der Waals surface area contributed by atoms with Crippen LogP contribution in [-0.4, -0.2) is 6.61 Å². The maximum absolute atomic E-state index is 4.51. The van der Waals surface area contributed by atoms with Crippen LogP contribution in [0.4, 0.5) is 0 Å². The van der Waals surface area contributed by atoms with Gasteiger partial charge in [0, 0.05) is 0 Å². The molecule has 0 radical (unpaired) electrons. The molecule has 0 amide bonds. The average Bonchev–Trinajstić information content (AvgIpc) is 1.61. The van der Waals surface area contributed by atoms with Gasteiger partial charge in [0.25, 0.3) is 0 Å². The second-order valence-electron chi connectivity index (χ2n) is 0.845. The van der Waals surface area contributed by atoms with Gasteiger partial charge in [0.2, 0.25) is 0 Å². The maximum atomic E-state index is 4.51. The highest BCUT2D eigenvalue weighted by molar-refractivity contribution is 9.06. The third kappa shape index (κ3) is 4.18. The Morgan fingerprint density at radius 2 is 2.50 bits per heavy atom. The fraction of sp³-hybridized carbons (Fsp3) is 0.500. The van der Waals surface area contributed by atoms with Crippen molar-refractivity contribution in [3.05, 3.63) is 12.2 Å². The Kier molecular flexibility index (Phi) is 5.34. The molecule has 6 heavy (non-hydrogen) atoms. The summed E-state index contributed by atoms with van der Waals surface area (Å²) in [7, 11) is 0. The Labute approximate surface area is 46.5 Å². The molecular weight excluding hydrogens is 144 g/mol. The minimum Gasteiger partial charge on any atom is -0.304 e. The Bertz CT molecular complexity index is 42.8. The Morgan fingerprint density at radius 3 is 2.67 bits per heavy atom. The molecule has 0 aromatic rings. The van der Waals surface area contributed by atoms with Gasteiger partial charge in [-0.1, -0.05) is 12.2 Å². The molecule has 36 valence electrons. The Hall–Kier alpha value is 0.180. The van der Waals surface area contributed by atoms with Gasteiger partial charge in [0.15, 0.2) is 0 Å². The first-order chi connectivity index (χ1) is 2.91. The van der Waals surface area contributed by atoms with E-state index in [1.807, 2.05) is 19.1 Å². The fourth-order valence-electron chi connectivity index (χ4n) is 0.133. The molecule has 0 bridgehead atoms. The van der Waals surface area contributed by atoms with Crippen molar-refractivity contribution in [1.29, 1.82) is 0 Å². The standard InChI is InChI=1S/C4H7BrO/c1-2-3-4-6-5/h2-3H,4H2,1H3. The van der Waals surface area contributed by atoms with E-state index in [9.17, 15) is 0 Å². The van der Waals surface area contributed by atoms with E-state index in [2.05, 4.69) is 20.1 Å². The molecule has 1 nitrogen and oxygen atoms in total. The van der Waals surface area contributed by atoms with Crippen molar-refractivity contribution in [3.8, 4) is 0 Å². The second-order valence-corrected chi connectivity index (χ2v) is 1.30. The van der Waals surface area contributed by atoms with E-state index < -0.39 is 0 Å². The van der Waals surface area contributed by atoms with Crippen molar-refractivity contribution < 1.29 is 3.83 Å². The van der Waals surface area contributed by atoms with E-state index in [4.69, 9.17) is 0 Å². The predicted molar refractivity (Wildman–Crippen MR) is 29.7 cm³/mol. The van der Waals surface area contributed by atoms with Crippen LogP contribution in [0, 0.1) is 0 Å². The molecule has 0 heterocycles. The molecule has 0 unspecified atom stereocenters. The van der Waals surface area contributed by atoms with Gasteiger partial charge < -0.3 is 3.83 Å². The summed E-state index contributed by atoms with van der Waals surface area (Å²) in [5, 5.41) is 0. The maximum Gasteiger partial charge on any atom is 0.0991 e. The first-order valence-corrected chi connectivity index (χ1v) is 2.41. The molecule has 0 aromatic heterocycles. The van der Waals surface area contributed by atoms with Gasteiger partial charge in [-0.2, -0.15) is 0 Å². The van der Waals surface area contributed by atoms with Crippen LogP contribution >= 0.6 is 16.3 Å². The minimum absolute atomic E-state index is 0.649. The van der Waals surface area contributed by atoms with Gasteiger partial charge in [-0.05, 0) is 6.92 Å². The summed E-state index contributed by atoms with van der Waals surface area (Å²) in [5.74, 6) is 0. The first-order valence-electron chi connectivity index (χ1n) is 1.76. The Morgan fingerprint density at radius 1 is 1.83 bits per heavy atom. The molecule has 0 atom stereocenters. The summed E-state index contributed by atoms with van der Waals surface area (Å²) in [6.45, 7) is 2.60. The number of halogens is 1. The highest BCUT2D eigenvalue weighted by Crippen LogP contribution is 1.82. The van der Waals surface area contributed by atoms with E-state index in [0.29, 0.717) is 6.61 Å². The van der Waals surface area contributed by atoms with Gasteiger partial charge in [-0.15, -0.1) is 0 Å². The van der Waals surface area contributed by atoms with Crippen molar-refractivity contribution in [1.82, 2.24) is 0 Å². The normalized spacial score (nSPS) is 10.3. The molecule has 0 spiro atoms. The third-order valence-electron chi connectivity index (χ3n) is 0.395. The van der Waals surface area contributed by atoms with Crippen LogP contribution in [0.5, 0.6) is 0 Å². The summed E-state index contributed by atoms with van der Waals surface area (Å²) in [6, 6.07) is 0. The van der Waals surface area contributed by atoms with E-state index in [1.165, 1.54) is 0 Å². The van der Waals surface area contributed by atoms with Gasteiger partial charge >= 0.3 is 0 Å². The van der Waals surface area contributed by atoms with Crippen LogP contribution in [0.15, 0.2) is 12.2 Å². The lowest BCUT2D eigenvalue weighted by Gasteiger charge is -1.78. The number of hydrogen-bond donors (Lipinski definition) is 0. The largest absolute Gasteiger partial charge is 0.304 e. The van der Waals surface area contributed by atoms with Gasteiger partial charge in [0.1, 0.15) is 0 Å². The quantitative estimate of drug-likeness (QED) is 0.547. The molecule has 0 aliphatic carbocycles. The summed E-state index contributed by atoms with van der Waals surface area (Å²) in [5.41, 5.74) is 0. The van der Waals surface area contributed by atoms with Crippen molar-refractivity contribution in [2.45, 2.75) is 6.92 Å². The van der Waals surface area contributed by atoms with E-state index in [0.717, 1.165) is 0 Å². The minimum atomic E-state index is 0.649. The van der Waals surface area contributed by atoms with Crippen molar-refractivity contribution in [3.63, 3.8) is 0 Å². The van der Waals surface area contributed by atoms with Gasteiger partial charge in [-0.3, -0.25) is 0 Å². The van der Waals surface area contributed by atoms with Crippen molar-refractivity contribution >= 4 is 16.3 Å². The Balaban J connectivity index is 2.66. The third-order valence-corrected chi connectivity index (χ3v) is 0.659. The summed E-state index contributed by atoms with van der Waals surface area (Å²) in [6.07, 6.45) is 3.84. The summed E-state index contributed by atoms with van der Waals surface area (Å²) >= 11 is 2.80. The van der Waals surface area contributed by atoms with E-state index in [-0.39, 0.29) is 0 Å². The molecular formula is C4H7BrO. The van der Waals surface area contributed by atoms with Crippen molar-refractivity contribution in [2.75, 3.05) is 6.61 Å². The lowest BCUT2D eigenvalue weighted by Crippen LogP contribution is -1.69. The molecule has 2 heteroatoms. The predicted octanol–water partition coefficient (Wildman–Crippen LogP) is 1.89. The molecule has 0 aliphatic heterocycles. The molecule has 0 N–H and O–H groups in total. The van der Waals surface area contributed by atoms with Crippen LogP contribution in [0.2, 0.25) is 0 Å². The highest BCUT2D eigenvalue weighted by Gasteiger charge is 1.64. The summed E-state index contributed by atoms with van der Waals surface area (Å²) < 4.78 is 4.51. The lowest BCUT2D eigenvalue weighted by atomic mass is 10.6. The monoisotopic (exact) mass is 150 g/mol. The van der Waals surface area contributed by atoms with E-state index >= 15 is 0 Å². The average molecular weight is 151 g/mol. The first kappa shape index (κ1) is 6.18. The van der Waals surface area contributed by atoms with Gasteiger partial charge in [0.05, 0.1) is 22.9 Å². The van der Waals surface area contributed by atoms with Crippen LogP contribution in [0.1, 0.15) is 6.92 Å². The molecule has 0 saturated heterocycles. The molecule has 0 aliphatic rings. The number of hydrogen-bond acceptors (Lipinski definition) is 1. The topological polar surface area (TPSA) is 9.23 Å². The van der Waals surface area contributed by atoms with Crippen LogP contribution < -0.4 is 0 Å². The second kappa shape index (κ2) is 5.18. The smallest absolute Gasteiger partial charge is 0.0991 e. The van der Waals surface area contributed by atoms with E-state index in [1.54, 1.807) is 0 Å². The van der Waals surface area contributed by atoms with Crippen molar-refractivity contribution in [2.24, 2.45) is 0 Å². The zero-order valence-corrected chi connectivity index (χ0v) is 5.23. The van der Waals surface area contributed by atoms with Gasteiger partial charge in [-0.25, -0.2) is 0 Å².